The molecule has 2 N–H and O–H groups in total. The molecule has 1 fully saturated rings. The van der Waals surface area contributed by atoms with Gasteiger partial charge in [-0.2, -0.15) is 0 Å². The van der Waals surface area contributed by atoms with Crippen molar-refractivity contribution in [2.45, 2.75) is 12.8 Å². The monoisotopic (exact) mass is 237 g/mol. The van der Waals surface area contributed by atoms with Crippen LogP contribution in [-0.2, 0) is 0 Å². The lowest BCUT2D eigenvalue weighted by Crippen LogP contribution is -2.46. The highest BCUT2D eigenvalue weighted by Gasteiger charge is 2.20. The summed E-state index contributed by atoms with van der Waals surface area (Å²) in [6, 6.07) is 4.07. The van der Waals surface area contributed by atoms with Gasteiger partial charge in [0.1, 0.15) is 11.5 Å². The first-order chi connectivity index (χ1) is 8.19. The average molecular weight is 237 g/mol. The number of nitrogens with two attached hydrogens (primary N) is 1. The van der Waals surface area contributed by atoms with E-state index in [1.807, 2.05) is 13.0 Å². The molecule has 0 radical (unpaired) electrons. The third-order valence-corrected chi connectivity index (χ3v) is 3.52. The molecule has 17 heavy (non-hydrogen) atoms. The fourth-order valence-electron chi connectivity index (χ4n) is 2.30. The molecular weight excluding hydrogens is 214 g/mol. The van der Waals surface area contributed by atoms with Gasteiger partial charge >= 0.3 is 0 Å². The molecule has 0 bridgehead atoms. The van der Waals surface area contributed by atoms with Crippen LogP contribution >= 0.6 is 0 Å². The minimum absolute atomic E-state index is 0.326. The van der Waals surface area contributed by atoms with Crippen molar-refractivity contribution in [3.63, 3.8) is 0 Å². The van der Waals surface area contributed by atoms with E-state index in [2.05, 4.69) is 22.9 Å². The van der Waals surface area contributed by atoms with E-state index in [4.69, 9.17) is 10.2 Å². The summed E-state index contributed by atoms with van der Waals surface area (Å²) in [5, 5.41) is 0. The van der Waals surface area contributed by atoms with E-state index in [1.54, 1.807) is 0 Å². The second-order valence-corrected chi connectivity index (χ2v) is 4.98. The summed E-state index contributed by atoms with van der Waals surface area (Å²) in [6.07, 6.45) is 0. The van der Waals surface area contributed by atoms with Crippen LogP contribution in [-0.4, -0.2) is 56.1 Å². The van der Waals surface area contributed by atoms with Crippen molar-refractivity contribution in [2.24, 2.45) is 5.73 Å². The molecule has 1 aromatic rings. The predicted octanol–water partition coefficient (Wildman–Crippen LogP) is 0.878. The predicted molar refractivity (Wildman–Crippen MR) is 69.2 cm³/mol. The normalized spacial score (nSPS) is 20.6. The van der Waals surface area contributed by atoms with Gasteiger partial charge in [-0.15, -0.1) is 0 Å². The molecule has 0 aromatic carbocycles. The van der Waals surface area contributed by atoms with Gasteiger partial charge in [-0.05, 0) is 26.1 Å². The van der Waals surface area contributed by atoms with Crippen LogP contribution in [0.4, 0.5) is 0 Å². The van der Waals surface area contributed by atoms with Gasteiger partial charge in [0.15, 0.2) is 0 Å². The lowest BCUT2D eigenvalue weighted by molar-refractivity contribution is 0.144. The molecule has 1 saturated heterocycles. The Morgan fingerprint density at radius 3 is 2.53 bits per heavy atom. The van der Waals surface area contributed by atoms with Gasteiger partial charge < -0.3 is 20.0 Å². The Labute approximate surface area is 103 Å². The SMILES string of the molecule is Cc1ccc(C(CN)CN2CCN(C)CC2)o1. The number of likely N-dealkylation sites (N-methyl/N-ethyl adjacent to an activating group) is 1. The van der Waals surface area contributed by atoms with Crippen LogP contribution in [0.15, 0.2) is 16.5 Å². The Bertz CT molecular complexity index is 342. The molecule has 1 atom stereocenters. The standard InChI is InChI=1S/C13H23N3O/c1-11-3-4-13(17-11)12(9-14)10-16-7-5-15(2)6-8-16/h3-4,12H,5-10,14H2,1-2H3. The first-order valence-electron chi connectivity index (χ1n) is 6.36. The topological polar surface area (TPSA) is 45.6 Å². The lowest BCUT2D eigenvalue weighted by Gasteiger charge is -2.34. The van der Waals surface area contributed by atoms with Crippen LogP contribution in [0.2, 0.25) is 0 Å². The van der Waals surface area contributed by atoms with Crippen LogP contribution in [0.1, 0.15) is 17.4 Å². The van der Waals surface area contributed by atoms with E-state index in [0.29, 0.717) is 12.5 Å². The van der Waals surface area contributed by atoms with E-state index in [9.17, 15) is 0 Å². The Kier molecular flexibility index (Phi) is 4.20. The van der Waals surface area contributed by atoms with E-state index in [0.717, 1.165) is 44.2 Å². The van der Waals surface area contributed by atoms with Crippen molar-refractivity contribution < 1.29 is 4.42 Å². The molecule has 1 aliphatic heterocycles. The van der Waals surface area contributed by atoms with Gasteiger partial charge in [-0.3, -0.25) is 0 Å². The van der Waals surface area contributed by atoms with E-state index < -0.39 is 0 Å². The van der Waals surface area contributed by atoms with Crippen LogP contribution in [0.3, 0.4) is 0 Å². The molecule has 2 heterocycles. The van der Waals surface area contributed by atoms with Gasteiger partial charge in [-0.1, -0.05) is 0 Å². The third kappa shape index (κ3) is 3.31. The Hall–Kier alpha value is -0.840. The van der Waals surface area contributed by atoms with E-state index in [-0.39, 0.29) is 0 Å². The summed E-state index contributed by atoms with van der Waals surface area (Å²) in [5.41, 5.74) is 5.86. The molecule has 0 aliphatic carbocycles. The minimum atomic E-state index is 0.326. The molecule has 0 spiro atoms. The van der Waals surface area contributed by atoms with Crippen LogP contribution in [0, 0.1) is 6.92 Å². The van der Waals surface area contributed by atoms with Gasteiger partial charge in [-0.25, -0.2) is 0 Å². The quantitative estimate of drug-likeness (QED) is 0.844. The van der Waals surface area contributed by atoms with Crippen LogP contribution in [0.25, 0.3) is 0 Å². The minimum Gasteiger partial charge on any atom is -0.466 e. The summed E-state index contributed by atoms with van der Waals surface area (Å²) in [6.45, 7) is 8.20. The zero-order valence-corrected chi connectivity index (χ0v) is 10.9. The lowest BCUT2D eigenvalue weighted by atomic mass is 10.1. The number of hydrogen-bond acceptors (Lipinski definition) is 4. The maximum absolute atomic E-state index is 5.86. The molecule has 4 heteroatoms. The maximum Gasteiger partial charge on any atom is 0.109 e. The zero-order valence-electron chi connectivity index (χ0n) is 10.9. The third-order valence-electron chi connectivity index (χ3n) is 3.52. The molecule has 96 valence electrons. The van der Waals surface area contributed by atoms with Gasteiger partial charge in [0, 0.05) is 45.2 Å². The fourth-order valence-corrected chi connectivity index (χ4v) is 2.30. The second kappa shape index (κ2) is 5.67. The first kappa shape index (κ1) is 12.6. The van der Waals surface area contributed by atoms with Crippen LogP contribution < -0.4 is 5.73 Å². The number of rotatable bonds is 4. The van der Waals surface area contributed by atoms with Gasteiger partial charge in [0.25, 0.3) is 0 Å². The summed E-state index contributed by atoms with van der Waals surface area (Å²) in [4.78, 5) is 4.85. The van der Waals surface area contributed by atoms with Gasteiger partial charge in [0.2, 0.25) is 0 Å². The summed E-state index contributed by atoms with van der Waals surface area (Å²) in [7, 11) is 2.17. The fraction of sp³-hybridized carbons (Fsp3) is 0.692. The highest BCUT2D eigenvalue weighted by Crippen LogP contribution is 2.19. The maximum atomic E-state index is 5.86. The number of piperazine rings is 1. The second-order valence-electron chi connectivity index (χ2n) is 4.98. The Balaban J connectivity index is 1.91. The largest absolute Gasteiger partial charge is 0.466 e. The van der Waals surface area contributed by atoms with Crippen molar-refractivity contribution in [1.29, 1.82) is 0 Å². The number of furan rings is 1. The smallest absolute Gasteiger partial charge is 0.109 e. The van der Waals surface area contributed by atoms with Crippen molar-refractivity contribution >= 4 is 0 Å². The van der Waals surface area contributed by atoms with Crippen LogP contribution in [0.5, 0.6) is 0 Å². The molecule has 0 saturated carbocycles. The van der Waals surface area contributed by atoms with Crippen molar-refractivity contribution in [3.8, 4) is 0 Å². The van der Waals surface area contributed by atoms with Gasteiger partial charge in [0.05, 0.1) is 0 Å². The zero-order chi connectivity index (χ0) is 12.3. The number of aryl methyl sites for hydroxylation is 1. The molecular formula is C13H23N3O. The molecule has 2 rings (SSSR count). The highest BCUT2D eigenvalue weighted by atomic mass is 16.3. The highest BCUT2D eigenvalue weighted by molar-refractivity contribution is 5.11. The summed E-state index contributed by atoms with van der Waals surface area (Å²) < 4.78 is 5.68. The Morgan fingerprint density at radius 1 is 1.29 bits per heavy atom. The first-order valence-corrected chi connectivity index (χ1v) is 6.36. The summed E-state index contributed by atoms with van der Waals surface area (Å²) in [5.74, 6) is 2.33. The Morgan fingerprint density at radius 2 is 2.00 bits per heavy atom. The van der Waals surface area contributed by atoms with Crippen molar-refractivity contribution in [2.75, 3.05) is 46.3 Å². The molecule has 1 unspecified atom stereocenters. The van der Waals surface area contributed by atoms with E-state index >= 15 is 0 Å². The van der Waals surface area contributed by atoms with Crippen molar-refractivity contribution in [1.82, 2.24) is 9.80 Å². The molecule has 0 amide bonds. The van der Waals surface area contributed by atoms with Crippen molar-refractivity contribution in [3.05, 3.63) is 23.7 Å². The average Bonchev–Trinajstić information content (AvgIpc) is 2.75. The molecule has 4 nitrogen and oxygen atoms in total. The number of nitrogens with zero attached hydrogens (tertiary/aromatic N) is 2. The molecule has 1 aliphatic rings. The summed E-state index contributed by atoms with van der Waals surface area (Å²) >= 11 is 0. The van der Waals surface area contributed by atoms with E-state index in [1.165, 1.54) is 0 Å². The molecule has 1 aromatic heterocycles. The number of hydrogen-bond donors (Lipinski definition) is 1.